The molecule has 25 heavy (non-hydrogen) atoms. The van der Waals surface area contributed by atoms with Crippen LogP contribution in [-0.4, -0.2) is 41.3 Å². The van der Waals surface area contributed by atoms with Crippen molar-refractivity contribution in [2.24, 2.45) is 11.8 Å². The van der Waals surface area contributed by atoms with Gasteiger partial charge in [0.2, 0.25) is 0 Å². The molecule has 5 rings (SSSR count). The zero-order valence-electron chi connectivity index (χ0n) is 13.6. The van der Waals surface area contributed by atoms with Crippen LogP contribution in [0.2, 0.25) is 0 Å². The summed E-state index contributed by atoms with van der Waals surface area (Å²) in [6.07, 6.45) is 3.58. The smallest absolute Gasteiger partial charge is 0.143 e. The van der Waals surface area contributed by atoms with E-state index >= 15 is 0 Å². The first-order valence-corrected chi connectivity index (χ1v) is 8.49. The molecule has 6 heteroatoms. The van der Waals surface area contributed by atoms with E-state index in [-0.39, 0.29) is 0 Å². The van der Waals surface area contributed by atoms with Crippen LogP contribution in [0.3, 0.4) is 0 Å². The number of rotatable bonds is 2. The number of nitrogens with one attached hydrogen (secondary N) is 1. The lowest BCUT2D eigenvalue weighted by atomic mass is 10.0. The highest BCUT2D eigenvalue weighted by atomic mass is 16.5. The maximum Gasteiger partial charge on any atom is 0.143 e. The maximum atomic E-state index is 9.19. The van der Waals surface area contributed by atoms with E-state index in [2.05, 4.69) is 25.9 Å². The Labute approximate surface area is 145 Å². The van der Waals surface area contributed by atoms with E-state index in [1.165, 1.54) is 0 Å². The number of benzene rings is 1. The van der Waals surface area contributed by atoms with Crippen molar-refractivity contribution in [3.05, 3.63) is 42.4 Å². The molecule has 2 fully saturated rings. The number of nitrogens with zero attached hydrogens (tertiary/aromatic N) is 4. The Morgan fingerprint density at radius 2 is 2.04 bits per heavy atom. The third-order valence-corrected chi connectivity index (χ3v) is 5.29. The van der Waals surface area contributed by atoms with E-state index < -0.39 is 0 Å². The number of hydrogen-bond acceptors (Lipinski definition) is 5. The average Bonchev–Trinajstić information content (AvgIpc) is 3.35. The lowest BCUT2D eigenvalue weighted by Gasteiger charge is -2.19. The van der Waals surface area contributed by atoms with E-state index in [4.69, 9.17) is 4.74 Å². The fourth-order valence-electron chi connectivity index (χ4n) is 4.03. The molecule has 4 heterocycles. The van der Waals surface area contributed by atoms with Crippen LogP contribution in [0.15, 0.2) is 36.8 Å². The molecule has 0 saturated carbocycles. The third-order valence-electron chi connectivity index (χ3n) is 5.29. The van der Waals surface area contributed by atoms with Crippen LogP contribution < -0.4 is 4.90 Å². The third kappa shape index (κ3) is 2.28. The molecule has 2 atom stereocenters. The zero-order chi connectivity index (χ0) is 16.8. The van der Waals surface area contributed by atoms with E-state index in [1.807, 2.05) is 30.5 Å². The fourth-order valence-corrected chi connectivity index (χ4v) is 4.03. The van der Waals surface area contributed by atoms with Crippen molar-refractivity contribution in [1.82, 2.24) is 15.0 Å². The first-order valence-electron chi connectivity index (χ1n) is 8.49. The predicted molar refractivity (Wildman–Crippen MR) is 94.1 cm³/mol. The normalized spacial score (nSPS) is 22.3. The second-order valence-corrected chi connectivity index (χ2v) is 6.78. The molecule has 1 N–H and O–H groups in total. The summed E-state index contributed by atoms with van der Waals surface area (Å²) in [4.78, 5) is 14.6. The summed E-state index contributed by atoms with van der Waals surface area (Å²) in [6, 6.07) is 9.86. The largest absolute Gasteiger partial charge is 0.381 e. The van der Waals surface area contributed by atoms with Gasteiger partial charge in [-0.15, -0.1) is 0 Å². The van der Waals surface area contributed by atoms with Gasteiger partial charge in [-0.1, -0.05) is 12.1 Å². The van der Waals surface area contributed by atoms with E-state index in [1.54, 1.807) is 6.33 Å². The lowest BCUT2D eigenvalue weighted by Crippen LogP contribution is -2.23. The molecule has 0 amide bonds. The van der Waals surface area contributed by atoms with Gasteiger partial charge in [0.1, 0.15) is 17.8 Å². The van der Waals surface area contributed by atoms with E-state index in [0.717, 1.165) is 54.3 Å². The minimum absolute atomic E-state index is 0.592. The summed E-state index contributed by atoms with van der Waals surface area (Å²) in [5.41, 5.74) is 3.52. The Bertz CT molecular complexity index is 977. The van der Waals surface area contributed by atoms with Crippen molar-refractivity contribution in [3.8, 4) is 17.2 Å². The number of ether oxygens (including phenoxy) is 1. The van der Waals surface area contributed by atoms with Crippen LogP contribution in [0.4, 0.5) is 5.82 Å². The fraction of sp³-hybridized carbons (Fsp3) is 0.316. The van der Waals surface area contributed by atoms with Crippen LogP contribution in [0.5, 0.6) is 0 Å². The quantitative estimate of drug-likeness (QED) is 0.781. The van der Waals surface area contributed by atoms with E-state index in [0.29, 0.717) is 17.4 Å². The maximum absolute atomic E-state index is 9.19. The van der Waals surface area contributed by atoms with Crippen LogP contribution in [0.1, 0.15) is 5.56 Å². The molecule has 1 aromatic carbocycles. The number of H-pyrrole nitrogens is 1. The lowest BCUT2D eigenvalue weighted by molar-refractivity contribution is 0.177. The molecule has 2 aromatic heterocycles. The molecule has 2 saturated heterocycles. The molecule has 2 aliphatic heterocycles. The van der Waals surface area contributed by atoms with Crippen LogP contribution in [0, 0.1) is 23.2 Å². The summed E-state index contributed by atoms with van der Waals surface area (Å²) in [5, 5.41) is 10.2. The SMILES string of the molecule is N#Cc1cccc(-c2c[nH]c3ncnc(N4CC5COCC5C4)c23)c1. The standard InChI is InChI=1S/C19H17N5O/c20-5-12-2-1-3-13(4-12)16-6-21-18-17(16)19(23-11-22-18)24-7-14-9-25-10-15(14)8-24/h1-4,6,11,14-15H,7-10H2,(H,21,22,23). The second kappa shape index (κ2) is 5.57. The Morgan fingerprint density at radius 3 is 2.84 bits per heavy atom. The van der Waals surface area contributed by atoms with Gasteiger partial charge in [-0.3, -0.25) is 0 Å². The Morgan fingerprint density at radius 1 is 1.20 bits per heavy atom. The van der Waals surface area contributed by atoms with Crippen molar-refractivity contribution in [2.45, 2.75) is 0 Å². The Kier molecular flexibility index (Phi) is 3.22. The minimum Gasteiger partial charge on any atom is -0.381 e. The number of fused-ring (bicyclic) bond motifs is 2. The Hall–Kier alpha value is -2.91. The Balaban J connectivity index is 1.63. The monoisotopic (exact) mass is 331 g/mol. The average molecular weight is 331 g/mol. The second-order valence-electron chi connectivity index (χ2n) is 6.78. The van der Waals surface area contributed by atoms with Crippen molar-refractivity contribution < 1.29 is 4.74 Å². The number of aromatic nitrogens is 3. The molecule has 3 aromatic rings. The summed E-state index contributed by atoms with van der Waals surface area (Å²) >= 11 is 0. The van der Waals surface area contributed by atoms with Crippen molar-refractivity contribution in [3.63, 3.8) is 0 Å². The molecule has 2 unspecified atom stereocenters. The van der Waals surface area contributed by atoms with Gasteiger partial charge in [0.05, 0.1) is 30.2 Å². The van der Waals surface area contributed by atoms with Gasteiger partial charge in [0.15, 0.2) is 0 Å². The van der Waals surface area contributed by atoms with Crippen molar-refractivity contribution in [2.75, 3.05) is 31.2 Å². The van der Waals surface area contributed by atoms with Crippen molar-refractivity contribution >= 4 is 16.9 Å². The summed E-state index contributed by atoms with van der Waals surface area (Å²) in [5.74, 6) is 2.15. The first kappa shape index (κ1) is 14.4. The van der Waals surface area contributed by atoms with Crippen LogP contribution in [0.25, 0.3) is 22.2 Å². The number of hydrogen-bond donors (Lipinski definition) is 1. The van der Waals surface area contributed by atoms with Gasteiger partial charge in [0, 0.05) is 36.7 Å². The predicted octanol–water partition coefficient (Wildman–Crippen LogP) is 2.58. The molecule has 0 bridgehead atoms. The van der Waals surface area contributed by atoms with Gasteiger partial charge in [-0.05, 0) is 17.7 Å². The summed E-state index contributed by atoms with van der Waals surface area (Å²) < 4.78 is 5.59. The number of anilines is 1. The van der Waals surface area contributed by atoms with Gasteiger partial charge >= 0.3 is 0 Å². The van der Waals surface area contributed by atoms with Gasteiger partial charge in [0.25, 0.3) is 0 Å². The molecule has 2 aliphatic rings. The highest BCUT2D eigenvalue weighted by Gasteiger charge is 2.38. The minimum atomic E-state index is 0.592. The highest BCUT2D eigenvalue weighted by molar-refractivity contribution is 6.01. The molecule has 6 nitrogen and oxygen atoms in total. The summed E-state index contributed by atoms with van der Waals surface area (Å²) in [6.45, 7) is 3.64. The molecular weight excluding hydrogens is 314 g/mol. The number of nitriles is 1. The van der Waals surface area contributed by atoms with Gasteiger partial charge in [-0.2, -0.15) is 5.26 Å². The molecule has 0 aliphatic carbocycles. The van der Waals surface area contributed by atoms with Crippen molar-refractivity contribution in [1.29, 1.82) is 5.26 Å². The summed E-state index contributed by atoms with van der Waals surface area (Å²) in [7, 11) is 0. The zero-order valence-corrected chi connectivity index (χ0v) is 13.6. The van der Waals surface area contributed by atoms with E-state index in [9.17, 15) is 5.26 Å². The van der Waals surface area contributed by atoms with Gasteiger partial charge in [-0.25, -0.2) is 9.97 Å². The van der Waals surface area contributed by atoms with Gasteiger partial charge < -0.3 is 14.6 Å². The molecule has 124 valence electrons. The topological polar surface area (TPSA) is 77.8 Å². The number of aromatic amines is 1. The highest BCUT2D eigenvalue weighted by Crippen LogP contribution is 2.38. The van der Waals surface area contributed by atoms with Crippen LogP contribution >= 0.6 is 0 Å². The molecule has 0 radical (unpaired) electrons. The molecule has 0 spiro atoms. The molecular formula is C19H17N5O. The first-order chi connectivity index (χ1) is 12.3. The van der Waals surface area contributed by atoms with Crippen LogP contribution in [-0.2, 0) is 4.74 Å².